The first-order chi connectivity index (χ1) is 20.8. The van der Waals surface area contributed by atoms with Crippen LogP contribution in [0.2, 0.25) is 5.02 Å². The van der Waals surface area contributed by atoms with Gasteiger partial charge in [-0.1, -0.05) is 79.1 Å². The van der Waals surface area contributed by atoms with Crippen LogP contribution in [0, 0.1) is 11.8 Å². The number of fused-ring (bicyclic) bond motifs is 2. The van der Waals surface area contributed by atoms with Crippen molar-refractivity contribution >= 4 is 46.8 Å². The molecule has 2 aromatic rings. The van der Waals surface area contributed by atoms with E-state index in [1.165, 1.54) is 0 Å². The number of carbonyl (C=O) groups excluding carboxylic acids is 3. The Morgan fingerprint density at radius 3 is 2.33 bits per heavy atom. The molecule has 7 nitrogen and oxygen atoms in total. The molecule has 4 heterocycles. The average Bonchev–Trinajstić information content (AvgIpc) is 3.26. The topological polar surface area (TPSA) is 81.2 Å². The molecule has 4 aliphatic heterocycles. The number of hydrogen-bond acceptors (Lipinski definition) is 5. The van der Waals surface area contributed by atoms with Gasteiger partial charge in [0, 0.05) is 48.2 Å². The van der Waals surface area contributed by atoms with Gasteiger partial charge < -0.3 is 19.8 Å². The summed E-state index contributed by atoms with van der Waals surface area (Å²) in [5.41, 5.74) is 1.76. The lowest BCUT2D eigenvalue weighted by atomic mass is 9.74. The molecule has 0 radical (unpaired) electrons. The third-order valence-electron chi connectivity index (χ3n) is 9.30. The monoisotopic (exact) mass is 619 g/mol. The first kappa shape index (κ1) is 30.0. The van der Waals surface area contributed by atoms with Gasteiger partial charge in [0.15, 0.2) is 0 Å². The maximum atomic E-state index is 14.6. The molecular weight excluding hydrogens is 582 g/mol. The molecule has 1 N–H and O–H groups in total. The number of aliphatic hydroxyl groups is 1. The summed E-state index contributed by atoms with van der Waals surface area (Å²) < 4.78 is -1.52. The number of carbonyl (C=O) groups is 3. The summed E-state index contributed by atoms with van der Waals surface area (Å²) in [6, 6.07) is 16.4. The third kappa shape index (κ3) is 5.32. The van der Waals surface area contributed by atoms with Gasteiger partial charge in [-0.3, -0.25) is 14.4 Å². The number of unbranched alkanes of at least 4 members (excludes halogenated alkanes) is 3. The van der Waals surface area contributed by atoms with Crippen LogP contribution in [-0.4, -0.2) is 74.4 Å². The summed E-state index contributed by atoms with van der Waals surface area (Å²) >= 11 is 7.77. The van der Waals surface area contributed by atoms with Crippen LogP contribution < -0.4 is 4.90 Å². The van der Waals surface area contributed by atoms with Crippen LogP contribution in [0.15, 0.2) is 78.9 Å². The molecule has 0 saturated carbocycles. The molecule has 9 heteroatoms. The zero-order valence-corrected chi connectivity index (χ0v) is 26.0. The number of rotatable bonds is 9. The number of thioether (sulfide) groups is 1. The number of hydrogen-bond donors (Lipinski definition) is 1. The average molecular weight is 620 g/mol. The Hall–Kier alpha value is -3.07. The fraction of sp³-hybridized carbons (Fsp3) is 0.441. The van der Waals surface area contributed by atoms with Crippen molar-refractivity contribution in [2.45, 2.75) is 54.7 Å². The van der Waals surface area contributed by atoms with Crippen LogP contribution >= 0.6 is 23.4 Å². The number of anilines is 1. The minimum absolute atomic E-state index is 0.0396. The van der Waals surface area contributed by atoms with E-state index in [1.54, 1.807) is 33.7 Å². The van der Waals surface area contributed by atoms with Crippen molar-refractivity contribution < 1.29 is 19.5 Å². The summed E-state index contributed by atoms with van der Waals surface area (Å²) in [7, 11) is 0. The highest BCUT2D eigenvalue weighted by molar-refractivity contribution is 8.02. The number of amides is 3. The van der Waals surface area contributed by atoms with Crippen LogP contribution in [0.4, 0.5) is 5.69 Å². The number of aliphatic hydroxyl groups excluding tert-OH is 1. The minimum atomic E-state index is -0.879. The zero-order valence-electron chi connectivity index (χ0n) is 24.4. The van der Waals surface area contributed by atoms with E-state index in [0.29, 0.717) is 37.6 Å². The van der Waals surface area contributed by atoms with E-state index in [0.717, 1.165) is 30.5 Å². The fourth-order valence-corrected chi connectivity index (χ4v) is 9.64. The van der Waals surface area contributed by atoms with Gasteiger partial charge >= 0.3 is 0 Å². The predicted octanol–water partition coefficient (Wildman–Crippen LogP) is 5.08. The van der Waals surface area contributed by atoms with E-state index < -0.39 is 27.4 Å². The second kappa shape index (κ2) is 12.1. The first-order valence-electron chi connectivity index (χ1n) is 15.2. The number of halogens is 1. The summed E-state index contributed by atoms with van der Waals surface area (Å²) in [5, 5.41) is 9.81. The van der Waals surface area contributed by atoms with E-state index in [-0.39, 0.29) is 24.3 Å². The maximum absolute atomic E-state index is 14.6. The highest BCUT2D eigenvalue weighted by Crippen LogP contribution is 2.65. The molecule has 0 aromatic heterocycles. The van der Waals surface area contributed by atoms with Crippen LogP contribution in [0.1, 0.15) is 38.2 Å². The number of likely N-dealkylation sites (tertiary alicyclic amines) is 1. The van der Waals surface area contributed by atoms with Gasteiger partial charge in [0.1, 0.15) is 6.04 Å². The molecule has 6 rings (SSSR count). The van der Waals surface area contributed by atoms with Crippen LogP contribution in [-0.2, 0) is 20.9 Å². The lowest BCUT2D eigenvalue weighted by Crippen LogP contribution is -2.53. The molecule has 0 bridgehead atoms. The lowest BCUT2D eigenvalue weighted by Gasteiger charge is -2.37. The Kier molecular flexibility index (Phi) is 8.46. The van der Waals surface area contributed by atoms with Crippen molar-refractivity contribution in [2.24, 2.45) is 11.8 Å². The molecular formula is C34H38ClN3O4S. The quantitative estimate of drug-likeness (QED) is 0.313. The van der Waals surface area contributed by atoms with Gasteiger partial charge in [-0.25, -0.2) is 0 Å². The molecule has 2 saturated heterocycles. The van der Waals surface area contributed by atoms with Crippen molar-refractivity contribution in [1.82, 2.24) is 9.80 Å². The molecule has 43 heavy (non-hydrogen) atoms. The molecule has 1 spiro atoms. The van der Waals surface area contributed by atoms with Crippen LogP contribution in [0.3, 0.4) is 0 Å². The van der Waals surface area contributed by atoms with Crippen LogP contribution in [0.5, 0.6) is 0 Å². The van der Waals surface area contributed by atoms with Crippen LogP contribution in [0.25, 0.3) is 0 Å². The molecule has 4 aliphatic rings. The van der Waals surface area contributed by atoms with Gasteiger partial charge in [0.05, 0.1) is 16.6 Å². The van der Waals surface area contributed by atoms with Crippen molar-refractivity contribution in [3.63, 3.8) is 0 Å². The Morgan fingerprint density at radius 1 is 0.860 bits per heavy atom. The van der Waals surface area contributed by atoms with Crippen molar-refractivity contribution in [3.8, 4) is 0 Å². The summed E-state index contributed by atoms with van der Waals surface area (Å²) in [4.78, 5) is 49.0. The van der Waals surface area contributed by atoms with E-state index in [4.69, 9.17) is 11.6 Å². The SMILES string of the molecule is C[C@]12C=CCN(Cc3ccccc3)C(=O)[C@H]1[C@H]1C(=O)N(CCCCCCO)C3C(=O)N(c4ccc(Cl)cc4)CC=C[C@@]31S2. The van der Waals surface area contributed by atoms with Crippen molar-refractivity contribution in [2.75, 3.05) is 31.1 Å². The van der Waals surface area contributed by atoms with Gasteiger partial charge in [-0.15, -0.1) is 11.8 Å². The summed E-state index contributed by atoms with van der Waals surface area (Å²) in [6.07, 6.45) is 11.3. The standard InChI is InChI=1S/C34H38ClN3O4S/c1-33-17-9-19-36(23-24-11-5-4-6-12-24)30(40)27(33)28-31(41)38(20-7-2-3-8-22-39)29-32(42)37(21-10-18-34(28,29)43-33)26-15-13-25(35)14-16-26/h4-6,9-18,27-29,39H,2-3,7-8,19-23H2,1H3/t27-,28+,29?,33+,34+/m1/s1. The summed E-state index contributed by atoms with van der Waals surface area (Å²) in [5.74, 6) is -1.56. The van der Waals surface area contributed by atoms with E-state index in [1.807, 2.05) is 59.5 Å². The van der Waals surface area contributed by atoms with E-state index in [9.17, 15) is 19.5 Å². The van der Waals surface area contributed by atoms with E-state index in [2.05, 4.69) is 19.1 Å². The zero-order chi connectivity index (χ0) is 30.2. The largest absolute Gasteiger partial charge is 0.396 e. The van der Waals surface area contributed by atoms with Gasteiger partial charge in [0.25, 0.3) is 5.91 Å². The third-order valence-corrected chi connectivity index (χ3v) is 11.4. The molecule has 2 fully saturated rings. The Bertz CT molecular complexity index is 1430. The molecule has 226 valence electrons. The highest BCUT2D eigenvalue weighted by Gasteiger charge is 2.73. The van der Waals surface area contributed by atoms with Gasteiger partial charge in [-0.05, 0) is 49.6 Å². The molecule has 0 aliphatic carbocycles. The Morgan fingerprint density at radius 2 is 1.58 bits per heavy atom. The Labute approximate surface area is 262 Å². The molecule has 1 unspecified atom stereocenters. The maximum Gasteiger partial charge on any atom is 0.251 e. The minimum Gasteiger partial charge on any atom is -0.396 e. The summed E-state index contributed by atoms with van der Waals surface area (Å²) in [6.45, 7) is 3.94. The first-order valence-corrected chi connectivity index (χ1v) is 16.3. The lowest BCUT2D eigenvalue weighted by molar-refractivity contribution is -0.144. The molecule has 5 atom stereocenters. The Balaban J connectivity index is 1.38. The predicted molar refractivity (Wildman–Crippen MR) is 171 cm³/mol. The smallest absolute Gasteiger partial charge is 0.251 e. The van der Waals surface area contributed by atoms with Gasteiger partial charge in [0.2, 0.25) is 11.8 Å². The van der Waals surface area contributed by atoms with E-state index >= 15 is 0 Å². The fourth-order valence-electron chi connectivity index (χ4n) is 7.36. The van der Waals surface area contributed by atoms with Crippen molar-refractivity contribution in [3.05, 3.63) is 89.5 Å². The number of nitrogens with zero attached hydrogens (tertiary/aromatic N) is 3. The normalized spacial score (nSPS) is 29.9. The van der Waals surface area contributed by atoms with Crippen molar-refractivity contribution in [1.29, 1.82) is 0 Å². The molecule has 2 aromatic carbocycles. The second-order valence-electron chi connectivity index (χ2n) is 12.1. The van der Waals surface area contributed by atoms with Gasteiger partial charge in [-0.2, -0.15) is 0 Å². The second-order valence-corrected chi connectivity index (χ2v) is 14.3. The highest BCUT2D eigenvalue weighted by atomic mass is 35.5. The molecule has 3 amide bonds. The number of benzene rings is 2.